The van der Waals surface area contributed by atoms with Crippen molar-refractivity contribution in [1.29, 1.82) is 0 Å². The van der Waals surface area contributed by atoms with Crippen LogP contribution in [0.5, 0.6) is 0 Å². The molecule has 16 heavy (non-hydrogen) atoms. The zero-order valence-electron chi connectivity index (χ0n) is 9.87. The van der Waals surface area contributed by atoms with Crippen molar-refractivity contribution < 1.29 is 0 Å². The van der Waals surface area contributed by atoms with E-state index in [0.717, 1.165) is 19.3 Å². The van der Waals surface area contributed by atoms with Gasteiger partial charge in [-0.25, -0.2) is 0 Å². The maximum absolute atomic E-state index is 5.72. The van der Waals surface area contributed by atoms with Crippen LogP contribution in [0, 0.1) is 12.3 Å². The van der Waals surface area contributed by atoms with Crippen LogP contribution in [0.4, 0.5) is 0 Å². The number of terminal acetylenes is 1. The normalized spacial score (nSPS) is 17.8. The van der Waals surface area contributed by atoms with Crippen molar-refractivity contribution in [1.82, 2.24) is 0 Å². The molecule has 0 aliphatic heterocycles. The van der Waals surface area contributed by atoms with E-state index in [9.17, 15) is 0 Å². The van der Waals surface area contributed by atoms with E-state index in [0.29, 0.717) is 6.54 Å². The lowest BCUT2D eigenvalue weighted by molar-refractivity contribution is 0.723. The monoisotopic (exact) mass is 216 g/mol. The molecule has 1 rings (SSSR count). The fraction of sp³-hybridized carbons (Fsp3) is 0.429. The summed E-state index contributed by atoms with van der Waals surface area (Å²) >= 11 is 0. The molecule has 0 radical (unpaired) electrons. The van der Waals surface area contributed by atoms with E-state index < -0.39 is 0 Å². The van der Waals surface area contributed by atoms with Crippen LogP contribution in [-0.2, 0) is 0 Å². The Bertz CT molecular complexity index is 367. The Hall–Kier alpha value is -1.30. The van der Waals surface area contributed by atoms with Gasteiger partial charge in [-0.05, 0) is 31.8 Å². The van der Waals surface area contributed by atoms with E-state index in [1.54, 1.807) is 0 Å². The van der Waals surface area contributed by atoms with Crippen molar-refractivity contribution >= 4 is 0 Å². The highest BCUT2D eigenvalue weighted by Crippen LogP contribution is 2.21. The first-order valence-corrected chi connectivity index (χ1v) is 5.65. The molecule has 0 fully saturated rings. The van der Waals surface area contributed by atoms with E-state index in [2.05, 4.69) is 31.1 Å². The van der Waals surface area contributed by atoms with Gasteiger partial charge < -0.3 is 11.5 Å². The van der Waals surface area contributed by atoms with E-state index in [1.807, 2.05) is 0 Å². The van der Waals surface area contributed by atoms with Crippen molar-refractivity contribution in [2.24, 2.45) is 11.5 Å². The molecule has 0 heterocycles. The van der Waals surface area contributed by atoms with Crippen molar-refractivity contribution in [2.75, 3.05) is 6.54 Å². The second-order valence-electron chi connectivity index (χ2n) is 4.13. The maximum Gasteiger partial charge on any atom is 0.0665 e. The summed E-state index contributed by atoms with van der Waals surface area (Å²) in [6.45, 7) is 2.71. The standard InChI is InChI=1S/C14H20N2/c1-3-14(16)8-7-13-6-4-5-12(10-15)9-11(13)2/h1,4-5,9,14H,6-8,10,15-16H2,2H3. The molecule has 0 spiro atoms. The quantitative estimate of drug-likeness (QED) is 0.705. The molecule has 0 aromatic heterocycles. The summed E-state index contributed by atoms with van der Waals surface area (Å²) in [5, 5.41) is 0. The summed E-state index contributed by atoms with van der Waals surface area (Å²) in [5.41, 5.74) is 15.2. The van der Waals surface area contributed by atoms with Gasteiger partial charge in [-0.1, -0.05) is 35.3 Å². The minimum absolute atomic E-state index is 0.134. The molecular formula is C14H20N2. The van der Waals surface area contributed by atoms with Crippen LogP contribution in [0.25, 0.3) is 0 Å². The van der Waals surface area contributed by atoms with Crippen molar-refractivity contribution in [2.45, 2.75) is 32.2 Å². The lowest BCUT2D eigenvalue weighted by Gasteiger charge is -2.09. The molecule has 2 nitrogen and oxygen atoms in total. The van der Waals surface area contributed by atoms with Gasteiger partial charge in [0.2, 0.25) is 0 Å². The van der Waals surface area contributed by atoms with Gasteiger partial charge in [-0.2, -0.15) is 0 Å². The van der Waals surface area contributed by atoms with Gasteiger partial charge in [-0.3, -0.25) is 0 Å². The lowest BCUT2D eigenvalue weighted by atomic mass is 9.99. The first-order chi connectivity index (χ1) is 7.67. The van der Waals surface area contributed by atoms with E-state index in [-0.39, 0.29) is 6.04 Å². The van der Waals surface area contributed by atoms with Gasteiger partial charge in [0.15, 0.2) is 0 Å². The summed E-state index contributed by atoms with van der Waals surface area (Å²) < 4.78 is 0. The van der Waals surface area contributed by atoms with E-state index in [1.165, 1.54) is 16.7 Å². The smallest absolute Gasteiger partial charge is 0.0665 e. The van der Waals surface area contributed by atoms with Gasteiger partial charge in [-0.15, -0.1) is 6.42 Å². The van der Waals surface area contributed by atoms with Gasteiger partial charge >= 0.3 is 0 Å². The fourth-order valence-electron chi connectivity index (χ4n) is 1.78. The minimum atomic E-state index is -0.134. The molecule has 1 atom stereocenters. The fourth-order valence-corrected chi connectivity index (χ4v) is 1.78. The molecule has 2 heteroatoms. The number of rotatable bonds is 4. The molecule has 4 N–H and O–H groups in total. The van der Waals surface area contributed by atoms with Gasteiger partial charge in [0, 0.05) is 6.54 Å². The molecule has 1 aliphatic carbocycles. The van der Waals surface area contributed by atoms with Crippen LogP contribution in [0.2, 0.25) is 0 Å². The lowest BCUT2D eigenvalue weighted by Crippen LogP contribution is -2.16. The number of hydrogen-bond acceptors (Lipinski definition) is 2. The molecular weight excluding hydrogens is 196 g/mol. The van der Waals surface area contributed by atoms with Crippen LogP contribution < -0.4 is 11.5 Å². The van der Waals surface area contributed by atoms with Gasteiger partial charge in [0.1, 0.15) is 0 Å². The molecule has 0 saturated heterocycles. The van der Waals surface area contributed by atoms with Crippen molar-refractivity contribution in [3.8, 4) is 12.3 Å². The molecule has 0 saturated carbocycles. The molecule has 0 aromatic carbocycles. The third-order valence-electron chi connectivity index (χ3n) is 2.86. The molecule has 0 bridgehead atoms. The third kappa shape index (κ3) is 3.69. The second-order valence-corrected chi connectivity index (χ2v) is 4.13. The number of nitrogens with two attached hydrogens (primary N) is 2. The molecule has 0 aromatic rings. The molecule has 1 aliphatic rings. The van der Waals surface area contributed by atoms with E-state index in [4.69, 9.17) is 17.9 Å². The van der Waals surface area contributed by atoms with Crippen LogP contribution in [0.15, 0.2) is 34.9 Å². The third-order valence-corrected chi connectivity index (χ3v) is 2.86. The van der Waals surface area contributed by atoms with Crippen molar-refractivity contribution in [3.63, 3.8) is 0 Å². The molecule has 0 amide bonds. The Morgan fingerprint density at radius 2 is 2.31 bits per heavy atom. The second kappa shape index (κ2) is 6.32. The SMILES string of the molecule is C#CC(N)CCC1=C(C)C=C(CN)C=CC1. The first kappa shape index (κ1) is 12.8. The summed E-state index contributed by atoms with van der Waals surface area (Å²) in [5.74, 6) is 2.56. The van der Waals surface area contributed by atoms with Gasteiger partial charge in [0.05, 0.1) is 6.04 Å². The Morgan fingerprint density at radius 1 is 1.56 bits per heavy atom. The first-order valence-electron chi connectivity index (χ1n) is 5.65. The highest BCUT2D eigenvalue weighted by molar-refractivity contribution is 5.37. The Morgan fingerprint density at radius 3 is 2.94 bits per heavy atom. The predicted molar refractivity (Wildman–Crippen MR) is 69.6 cm³/mol. The highest BCUT2D eigenvalue weighted by atomic mass is 14.6. The van der Waals surface area contributed by atoms with E-state index >= 15 is 0 Å². The maximum atomic E-state index is 5.72. The van der Waals surface area contributed by atoms with Crippen LogP contribution >= 0.6 is 0 Å². The Labute approximate surface area is 98.1 Å². The summed E-state index contributed by atoms with van der Waals surface area (Å²) in [7, 11) is 0. The zero-order valence-corrected chi connectivity index (χ0v) is 9.87. The Kier molecular flexibility index (Phi) is 5.04. The van der Waals surface area contributed by atoms with Crippen LogP contribution in [-0.4, -0.2) is 12.6 Å². The van der Waals surface area contributed by atoms with Crippen molar-refractivity contribution in [3.05, 3.63) is 34.9 Å². The average Bonchev–Trinajstić information content (AvgIpc) is 2.47. The number of allylic oxidation sites excluding steroid dienone is 4. The summed E-state index contributed by atoms with van der Waals surface area (Å²) in [6, 6.07) is -0.134. The zero-order chi connectivity index (χ0) is 12.0. The average molecular weight is 216 g/mol. The topological polar surface area (TPSA) is 52.0 Å². The Balaban J connectivity index is 2.69. The molecule has 86 valence electrons. The number of hydrogen-bond donors (Lipinski definition) is 2. The largest absolute Gasteiger partial charge is 0.326 e. The van der Waals surface area contributed by atoms with Crippen LogP contribution in [0.3, 0.4) is 0 Å². The van der Waals surface area contributed by atoms with Crippen LogP contribution in [0.1, 0.15) is 26.2 Å². The summed E-state index contributed by atoms with van der Waals surface area (Å²) in [4.78, 5) is 0. The summed E-state index contributed by atoms with van der Waals surface area (Å²) in [6.07, 6.45) is 14.5. The highest BCUT2D eigenvalue weighted by Gasteiger charge is 2.06. The minimum Gasteiger partial charge on any atom is -0.326 e. The van der Waals surface area contributed by atoms with Gasteiger partial charge in [0.25, 0.3) is 0 Å². The molecule has 1 unspecified atom stereocenters. The predicted octanol–water partition coefficient (Wildman–Crippen LogP) is 1.89.